The molecular weight excluding hydrogens is 1870 g/mol. The smallest absolute Gasteiger partial charge is 0.297 e. The molecule has 7 aliphatic rings. The van der Waals surface area contributed by atoms with Gasteiger partial charge < -0.3 is 72.5 Å². The standard InChI is InChI=1S/2C19H32O5SSi.C19H30O5SSi.2C12H26O3Si.C12H22O2Si.C6H12O3/c3*1-14-7-9-18(10-8-14)25(21,22)23-16-11-15(20)12-17(13-16)24-26(5,6)19(2,3)4;2*1-12(2,3)16(4,5)15-11-7-9(13)6-10(14)8-11;1-12(2,3)15(4,5)14-11-8-6-7-10(13)9-11;7-4-1-5(8)3-6(9)2-4/h2*7-10,15-17,20H,11-13H2,1-6H3;7-10,16-17H,11-13H2,1-6H3;2*9-11,13-14H,6-8H2,1-5H3;6-7,11H,8-9H2,1-5H3;4-9H,1-3H2. The lowest BCUT2D eigenvalue weighted by atomic mass is 9.93. The molecule has 6 fully saturated rings. The van der Waals surface area contributed by atoms with Crippen LogP contribution in [0.4, 0.5) is 0 Å². The molecule has 0 amide bonds. The minimum absolute atomic E-state index is 0.0101. The van der Waals surface area contributed by atoms with Gasteiger partial charge in [-0.1, -0.05) is 184 Å². The van der Waals surface area contributed by atoms with E-state index in [1.165, 1.54) is 12.1 Å². The molecule has 13 atom stereocenters. The lowest BCUT2D eigenvalue weighted by Gasteiger charge is -2.42. The molecule has 13 unspecified atom stereocenters. The Morgan fingerprint density at radius 3 is 0.679 bits per heavy atom. The molecule has 7 aliphatic carbocycles. The summed E-state index contributed by atoms with van der Waals surface area (Å²) < 4.78 is 129. The minimum Gasteiger partial charge on any atom is -0.414 e. The molecule has 134 heavy (non-hydrogen) atoms. The molecule has 0 spiro atoms. The molecule has 10 rings (SSSR count). The number of Topliss-reactive ketones (excluding diaryl/α,β-unsaturated/α-hetero) is 1. The van der Waals surface area contributed by atoms with E-state index in [9.17, 15) is 65.5 Å². The number of carbonyl (C=O) groups excluding carboxylic acids is 2. The summed E-state index contributed by atoms with van der Waals surface area (Å²) in [5.74, 6) is 0.189. The Labute approximate surface area is 814 Å². The minimum atomic E-state index is -3.89. The SMILES string of the molecule is CC(C)(C)[Si](C)(C)OC1CC(O)CC(O)C1.CC(C)(C)[Si](C)(C)OC1CC(O)CC(O)C1.CC(C)(C)[Si](C)(C)OC1CC=CC(=O)C1.Cc1ccc(S(=O)(=O)OC2CC(=O)CC(O[Si](C)(C)C(C)(C)C)C2)cc1.Cc1ccc(S(=O)(=O)OC2CC(O)CC(O[Si](C)(C)C(C)(C)C)C2)cc1.Cc1ccc(S(=O)(=O)OC2CC(O)CC(O[Si](C)(C)C(C)(C)C)C2)cc1.OC1CC(O)CC(O)C1. The first-order valence-corrected chi connectivity index (χ1v) is 70.1. The Morgan fingerprint density at radius 2 is 0.440 bits per heavy atom. The van der Waals surface area contributed by atoms with Crippen LogP contribution >= 0.6 is 0 Å². The summed E-state index contributed by atoms with van der Waals surface area (Å²) in [6, 6.07) is 19.7. The molecule has 0 aliphatic heterocycles. The van der Waals surface area contributed by atoms with Crippen LogP contribution < -0.4 is 0 Å². The van der Waals surface area contributed by atoms with E-state index in [-0.39, 0.29) is 99.5 Å². The van der Waals surface area contributed by atoms with E-state index in [0.717, 1.165) is 23.1 Å². The van der Waals surface area contributed by atoms with Crippen LogP contribution in [0.1, 0.15) is 270 Å². The number of carbonyl (C=O) groups is 2. The van der Waals surface area contributed by atoms with Crippen molar-refractivity contribution in [3.8, 4) is 0 Å². The Hall–Kier alpha value is -2.83. The van der Waals surface area contributed by atoms with E-state index in [1.54, 1.807) is 66.7 Å². The number of benzene rings is 3. The Balaban J connectivity index is 0.000000334. The number of hydrogen-bond acceptors (Lipinski definition) is 26. The van der Waals surface area contributed by atoms with E-state index >= 15 is 0 Å². The van der Waals surface area contributed by atoms with E-state index in [1.807, 2.05) is 26.8 Å². The Bertz CT molecular complexity index is 4250. The highest BCUT2D eigenvalue weighted by Crippen LogP contribution is 2.46. The maximum atomic E-state index is 12.5. The molecule has 3 aromatic rings. The summed E-state index contributed by atoms with van der Waals surface area (Å²) in [5, 5.41) is 86.4. The first-order chi connectivity index (χ1) is 60.5. The van der Waals surface area contributed by atoms with Gasteiger partial charge in [0.2, 0.25) is 0 Å². The summed E-state index contributed by atoms with van der Waals surface area (Å²) >= 11 is 0. The maximum absolute atomic E-state index is 12.5. The van der Waals surface area contributed by atoms with Crippen molar-refractivity contribution < 1.29 is 120 Å². The average Bonchev–Trinajstić information content (AvgIpc) is 0.809. The highest BCUT2D eigenvalue weighted by molar-refractivity contribution is 7.87. The van der Waals surface area contributed by atoms with Crippen molar-refractivity contribution in [2.75, 3.05) is 0 Å². The Kier molecular flexibility index (Phi) is 46.2. The molecule has 0 aromatic heterocycles. The van der Waals surface area contributed by atoms with Crippen LogP contribution in [0.2, 0.25) is 109 Å². The second kappa shape index (κ2) is 50.1. The van der Waals surface area contributed by atoms with Gasteiger partial charge in [-0.25, -0.2) is 0 Å². The molecule has 9 N–H and O–H groups in total. The summed E-state index contributed by atoms with van der Waals surface area (Å²) in [5.41, 5.74) is 2.94. The first-order valence-electron chi connectivity index (χ1n) is 48.4. The number of aryl methyl sites for hydroxylation is 3. The monoisotopic (exact) mass is 2050 g/mol. The van der Waals surface area contributed by atoms with Crippen molar-refractivity contribution in [2.24, 2.45) is 0 Å². The van der Waals surface area contributed by atoms with Crippen LogP contribution in [0, 0.1) is 20.8 Å². The fourth-order valence-corrected chi connectivity index (χ4v) is 26.5. The molecule has 0 bridgehead atoms. The van der Waals surface area contributed by atoms with Crippen molar-refractivity contribution in [2.45, 2.75) is 507 Å². The highest BCUT2D eigenvalue weighted by atomic mass is 32.2. The lowest BCUT2D eigenvalue weighted by Crippen LogP contribution is -2.47. The van der Waals surface area contributed by atoms with Gasteiger partial charge in [0.1, 0.15) is 5.78 Å². The molecule has 0 heterocycles. The number of aliphatic hydroxyl groups excluding tert-OH is 9. The van der Waals surface area contributed by atoms with Gasteiger partial charge in [0.25, 0.3) is 30.4 Å². The predicted molar refractivity (Wildman–Crippen MR) is 548 cm³/mol. The van der Waals surface area contributed by atoms with Crippen LogP contribution in [0.5, 0.6) is 0 Å². The zero-order valence-corrected chi connectivity index (χ0v) is 96.3. The maximum Gasteiger partial charge on any atom is 0.297 e. The number of allylic oxidation sites excluding steroid dienone is 1. The molecule has 35 heteroatoms. The van der Waals surface area contributed by atoms with Gasteiger partial charge in [-0.2, -0.15) is 25.3 Å². The largest absolute Gasteiger partial charge is 0.414 e. The molecule has 774 valence electrons. The van der Waals surface area contributed by atoms with Crippen LogP contribution in [-0.4, -0.2) is 243 Å². The molecule has 0 saturated heterocycles. The van der Waals surface area contributed by atoms with Gasteiger partial charge in [-0.05, 0) is 249 Å². The fourth-order valence-electron chi connectivity index (χ4n) is 15.0. The molecule has 6 saturated carbocycles. The third-order valence-corrected chi connectivity index (χ3v) is 60.3. The lowest BCUT2D eigenvalue weighted by molar-refractivity contribution is -0.125. The first kappa shape index (κ1) is 123. The van der Waals surface area contributed by atoms with Crippen LogP contribution in [-0.2, 0) is 79.0 Å². The van der Waals surface area contributed by atoms with Gasteiger partial charge in [-0.3, -0.25) is 22.1 Å². The van der Waals surface area contributed by atoms with Gasteiger partial charge in [0.05, 0.1) is 112 Å². The van der Waals surface area contributed by atoms with Crippen molar-refractivity contribution in [1.29, 1.82) is 0 Å². The highest BCUT2D eigenvalue weighted by Gasteiger charge is 2.49. The van der Waals surface area contributed by atoms with E-state index < -0.39 is 154 Å². The number of aliphatic hydroxyl groups is 9. The number of hydrogen-bond donors (Lipinski definition) is 9. The molecule has 0 radical (unpaired) electrons. The topological polar surface area (TPSA) is 402 Å². The van der Waals surface area contributed by atoms with Crippen LogP contribution in [0.15, 0.2) is 99.6 Å². The normalized spacial score (nSPS) is 27.6. The molecule has 3 aromatic carbocycles. The second-order valence-corrected chi connectivity index (χ2v) is 81.1. The van der Waals surface area contributed by atoms with Crippen molar-refractivity contribution in [3.05, 3.63) is 102 Å². The molecule has 26 nitrogen and oxygen atoms in total. The van der Waals surface area contributed by atoms with Crippen molar-refractivity contribution in [3.63, 3.8) is 0 Å². The summed E-state index contributed by atoms with van der Waals surface area (Å²) in [7, 11) is -22.9. The zero-order chi connectivity index (χ0) is 103. The summed E-state index contributed by atoms with van der Waals surface area (Å²) in [4.78, 5) is 23.8. The number of rotatable bonds is 21. The van der Waals surface area contributed by atoms with Gasteiger partial charge >= 0.3 is 0 Å². The van der Waals surface area contributed by atoms with E-state index in [2.05, 4.69) is 203 Å². The van der Waals surface area contributed by atoms with Crippen molar-refractivity contribution >= 4 is 91.8 Å². The van der Waals surface area contributed by atoms with Gasteiger partial charge in [0.15, 0.2) is 55.7 Å². The molecular formula is C99H180O26S3Si6. The third kappa shape index (κ3) is 41.5. The third-order valence-electron chi connectivity index (χ3n) is 28.9. The number of ketones is 2. The second-order valence-electron chi connectivity index (χ2n) is 47.9. The zero-order valence-electron chi connectivity index (χ0n) is 87.8. The van der Waals surface area contributed by atoms with Crippen LogP contribution in [0.3, 0.4) is 0 Å². The predicted octanol–water partition coefficient (Wildman–Crippen LogP) is 19.3. The van der Waals surface area contributed by atoms with Gasteiger partial charge in [-0.15, -0.1) is 0 Å². The summed E-state index contributed by atoms with van der Waals surface area (Å²) in [6.07, 6.45) is 6.80. The summed E-state index contributed by atoms with van der Waals surface area (Å²) in [6.45, 7) is 71.2. The van der Waals surface area contributed by atoms with Crippen LogP contribution in [0.25, 0.3) is 0 Å². The quantitative estimate of drug-likeness (QED) is 0.0353. The van der Waals surface area contributed by atoms with E-state index in [4.69, 9.17) is 54.4 Å². The van der Waals surface area contributed by atoms with E-state index in [0.29, 0.717) is 116 Å². The average molecular weight is 2050 g/mol. The van der Waals surface area contributed by atoms with Crippen molar-refractivity contribution in [1.82, 2.24) is 0 Å². The fraction of sp³-hybridized carbons (Fsp3) is 0.778. The van der Waals surface area contributed by atoms with Gasteiger partial charge in [0, 0.05) is 63.6 Å². The Morgan fingerprint density at radius 1 is 0.254 bits per heavy atom.